The van der Waals surface area contributed by atoms with Gasteiger partial charge >= 0.3 is 0 Å². The molecule has 0 bridgehead atoms. The van der Waals surface area contributed by atoms with Crippen molar-refractivity contribution in [2.75, 3.05) is 6.79 Å². The lowest BCUT2D eigenvalue weighted by atomic mass is 9.85. The Morgan fingerprint density at radius 1 is 1.00 bits per heavy atom. The van der Waals surface area contributed by atoms with Crippen LogP contribution in [0.5, 0.6) is 11.5 Å². The molecule has 0 saturated carbocycles. The molecule has 1 N–H and O–H groups in total. The molecule has 1 atom stereocenters. The Balaban J connectivity index is 1.60. The number of benzene rings is 3. The van der Waals surface area contributed by atoms with E-state index in [1.165, 1.54) is 0 Å². The molecule has 1 aliphatic heterocycles. The molecule has 0 fully saturated rings. The van der Waals surface area contributed by atoms with Gasteiger partial charge in [0.25, 0.3) is 0 Å². The highest BCUT2D eigenvalue weighted by atomic mass is 79.9. The number of hydrogen-bond donors (Lipinski definition) is 1. The molecular formula is C24H18BrNO3. The summed E-state index contributed by atoms with van der Waals surface area (Å²) in [5.74, 6) is 1.46. The summed E-state index contributed by atoms with van der Waals surface area (Å²) in [7, 11) is 0. The summed E-state index contributed by atoms with van der Waals surface area (Å²) >= 11 is 3.57. The van der Waals surface area contributed by atoms with Crippen molar-refractivity contribution in [3.63, 3.8) is 0 Å². The number of nitrogens with one attached hydrogen (secondary N) is 1. The number of aromatic nitrogens is 1. The summed E-state index contributed by atoms with van der Waals surface area (Å²) in [6, 6.07) is 21.5. The molecule has 3 aromatic carbocycles. The lowest BCUT2D eigenvalue weighted by molar-refractivity contribution is 0.0977. The van der Waals surface area contributed by atoms with Gasteiger partial charge in [-0.25, -0.2) is 0 Å². The summed E-state index contributed by atoms with van der Waals surface area (Å²) in [6.45, 7) is 0.229. The second-order valence-electron chi connectivity index (χ2n) is 7.09. The Morgan fingerprint density at radius 3 is 2.69 bits per heavy atom. The SMILES string of the molecule is O=C(CC(c1ccc2c(c1)OCO2)c1c[nH]c2ccc(Br)cc12)c1ccccc1. The Labute approximate surface area is 176 Å². The molecule has 2 heterocycles. The van der Waals surface area contributed by atoms with Gasteiger partial charge in [-0.3, -0.25) is 4.79 Å². The van der Waals surface area contributed by atoms with E-state index in [2.05, 4.69) is 27.0 Å². The summed E-state index contributed by atoms with van der Waals surface area (Å²) in [5.41, 5.74) is 3.88. The number of fused-ring (bicyclic) bond motifs is 2. The average Bonchev–Trinajstić information content (AvgIpc) is 3.38. The van der Waals surface area contributed by atoms with E-state index in [0.717, 1.165) is 43.6 Å². The molecule has 144 valence electrons. The van der Waals surface area contributed by atoms with Crippen LogP contribution >= 0.6 is 15.9 Å². The highest BCUT2D eigenvalue weighted by Gasteiger charge is 2.24. The second kappa shape index (κ2) is 7.41. The number of H-pyrrole nitrogens is 1. The monoisotopic (exact) mass is 447 g/mol. The van der Waals surface area contributed by atoms with Gasteiger partial charge in [-0.2, -0.15) is 0 Å². The standard InChI is InChI=1S/C24H18BrNO3/c25-17-7-8-21-19(11-17)20(13-26-21)18(12-22(27)15-4-2-1-3-5-15)16-6-9-23-24(10-16)29-14-28-23/h1-11,13,18,26H,12,14H2. The third-order valence-electron chi connectivity index (χ3n) is 5.34. The van der Waals surface area contributed by atoms with Crippen molar-refractivity contribution in [3.8, 4) is 11.5 Å². The fraction of sp³-hybridized carbons (Fsp3) is 0.125. The van der Waals surface area contributed by atoms with Crippen molar-refractivity contribution < 1.29 is 14.3 Å². The lowest BCUT2D eigenvalue weighted by Crippen LogP contribution is -2.09. The normalized spacial score (nSPS) is 13.6. The fourth-order valence-electron chi connectivity index (χ4n) is 3.87. The van der Waals surface area contributed by atoms with Gasteiger partial charge in [-0.15, -0.1) is 0 Å². The number of carbonyl (C=O) groups is 1. The Morgan fingerprint density at radius 2 is 1.83 bits per heavy atom. The topological polar surface area (TPSA) is 51.3 Å². The van der Waals surface area contributed by atoms with Gasteiger partial charge < -0.3 is 14.5 Å². The first kappa shape index (κ1) is 18.0. The quantitative estimate of drug-likeness (QED) is 0.378. The van der Waals surface area contributed by atoms with Crippen molar-refractivity contribution in [1.82, 2.24) is 4.98 Å². The van der Waals surface area contributed by atoms with Gasteiger partial charge in [-0.05, 0) is 41.5 Å². The highest BCUT2D eigenvalue weighted by Crippen LogP contribution is 2.40. The molecule has 0 radical (unpaired) electrons. The molecule has 1 aliphatic rings. The molecular weight excluding hydrogens is 430 g/mol. The van der Waals surface area contributed by atoms with E-state index in [9.17, 15) is 4.79 Å². The van der Waals surface area contributed by atoms with Crippen molar-refractivity contribution in [3.05, 3.63) is 94.1 Å². The van der Waals surface area contributed by atoms with E-state index in [1.807, 2.05) is 66.9 Å². The van der Waals surface area contributed by atoms with E-state index in [4.69, 9.17) is 9.47 Å². The zero-order valence-corrected chi connectivity index (χ0v) is 17.1. The van der Waals surface area contributed by atoms with Crippen LogP contribution in [0.4, 0.5) is 0 Å². The van der Waals surface area contributed by atoms with Gasteiger partial charge in [0, 0.05) is 39.5 Å². The molecule has 0 amide bonds. The van der Waals surface area contributed by atoms with Crippen LogP contribution in [0, 0.1) is 0 Å². The maximum Gasteiger partial charge on any atom is 0.231 e. The molecule has 29 heavy (non-hydrogen) atoms. The zero-order valence-electron chi connectivity index (χ0n) is 15.5. The van der Waals surface area contributed by atoms with Gasteiger partial charge in [0.1, 0.15) is 0 Å². The molecule has 5 rings (SSSR count). The maximum atomic E-state index is 13.1. The fourth-order valence-corrected chi connectivity index (χ4v) is 4.23. The third kappa shape index (κ3) is 3.42. The second-order valence-corrected chi connectivity index (χ2v) is 8.01. The Kier molecular flexibility index (Phi) is 4.60. The van der Waals surface area contributed by atoms with Gasteiger partial charge in [0.15, 0.2) is 17.3 Å². The number of carbonyl (C=O) groups excluding carboxylic acids is 1. The van der Waals surface area contributed by atoms with Crippen LogP contribution in [-0.2, 0) is 0 Å². The molecule has 4 nitrogen and oxygen atoms in total. The van der Waals surface area contributed by atoms with E-state index >= 15 is 0 Å². The van der Waals surface area contributed by atoms with Crippen molar-refractivity contribution in [1.29, 1.82) is 0 Å². The van der Waals surface area contributed by atoms with E-state index < -0.39 is 0 Å². The van der Waals surface area contributed by atoms with E-state index in [0.29, 0.717) is 6.42 Å². The molecule has 4 aromatic rings. The van der Waals surface area contributed by atoms with Gasteiger partial charge in [0.05, 0.1) is 0 Å². The first-order valence-electron chi connectivity index (χ1n) is 9.43. The minimum absolute atomic E-state index is 0.109. The minimum atomic E-state index is -0.111. The third-order valence-corrected chi connectivity index (χ3v) is 5.83. The number of ketones is 1. The molecule has 0 aliphatic carbocycles. The number of rotatable bonds is 5. The van der Waals surface area contributed by atoms with E-state index in [1.54, 1.807) is 0 Å². The van der Waals surface area contributed by atoms with Crippen LogP contribution in [0.15, 0.2) is 77.4 Å². The summed E-state index contributed by atoms with van der Waals surface area (Å²) < 4.78 is 12.0. The molecule has 0 spiro atoms. The first-order chi connectivity index (χ1) is 14.2. The highest BCUT2D eigenvalue weighted by molar-refractivity contribution is 9.10. The maximum absolute atomic E-state index is 13.1. The molecule has 0 saturated heterocycles. The number of hydrogen-bond acceptors (Lipinski definition) is 3. The van der Waals surface area contributed by atoms with Crippen LogP contribution in [0.25, 0.3) is 10.9 Å². The van der Waals surface area contributed by atoms with Crippen molar-refractivity contribution in [2.45, 2.75) is 12.3 Å². The summed E-state index contributed by atoms with van der Waals surface area (Å²) in [5, 5.41) is 1.10. The molecule has 5 heteroatoms. The van der Waals surface area contributed by atoms with Crippen LogP contribution in [0.1, 0.15) is 33.8 Å². The van der Waals surface area contributed by atoms with Gasteiger partial charge in [-0.1, -0.05) is 52.3 Å². The first-order valence-corrected chi connectivity index (χ1v) is 10.2. The van der Waals surface area contributed by atoms with Gasteiger partial charge in [0.2, 0.25) is 6.79 Å². The van der Waals surface area contributed by atoms with Crippen LogP contribution in [0.3, 0.4) is 0 Å². The largest absolute Gasteiger partial charge is 0.454 e. The smallest absolute Gasteiger partial charge is 0.231 e. The predicted octanol–water partition coefficient (Wildman–Crippen LogP) is 6.06. The van der Waals surface area contributed by atoms with Crippen LogP contribution in [0.2, 0.25) is 0 Å². The van der Waals surface area contributed by atoms with E-state index in [-0.39, 0.29) is 18.5 Å². The van der Waals surface area contributed by atoms with Crippen LogP contribution < -0.4 is 9.47 Å². The Bertz CT molecular complexity index is 1200. The van der Waals surface area contributed by atoms with Crippen molar-refractivity contribution >= 4 is 32.6 Å². The van der Waals surface area contributed by atoms with Crippen molar-refractivity contribution in [2.24, 2.45) is 0 Å². The lowest BCUT2D eigenvalue weighted by Gasteiger charge is -2.17. The summed E-state index contributed by atoms with van der Waals surface area (Å²) in [6.07, 6.45) is 2.37. The average molecular weight is 448 g/mol. The zero-order chi connectivity index (χ0) is 19.8. The number of halogens is 1. The summed E-state index contributed by atoms with van der Waals surface area (Å²) in [4.78, 5) is 16.4. The molecule has 1 aromatic heterocycles. The Hall–Kier alpha value is -3.05. The van der Waals surface area contributed by atoms with Crippen LogP contribution in [-0.4, -0.2) is 17.6 Å². The predicted molar refractivity (Wildman–Crippen MR) is 116 cm³/mol. The molecule has 1 unspecified atom stereocenters. The number of Topliss-reactive ketones (excluding diaryl/α,β-unsaturated/α-hetero) is 1. The number of ether oxygens (including phenoxy) is 2. The number of aromatic amines is 1. The minimum Gasteiger partial charge on any atom is -0.454 e.